The fourth-order valence-corrected chi connectivity index (χ4v) is 2.17. The van der Waals surface area contributed by atoms with E-state index in [2.05, 4.69) is 19.8 Å². The van der Waals surface area contributed by atoms with Crippen LogP contribution in [0.5, 0.6) is 0 Å². The van der Waals surface area contributed by atoms with Gasteiger partial charge in [0.2, 0.25) is 0 Å². The van der Waals surface area contributed by atoms with E-state index >= 15 is 0 Å². The molecule has 1 aromatic rings. The summed E-state index contributed by atoms with van der Waals surface area (Å²) in [5, 5.41) is 10.0. The molecule has 3 nitrogen and oxygen atoms in total. The highest BCUT2D eigenvalue weighted by Crippen LogP contribution is 2.14. The molecule has 0 fully saturated rings. The number of hydrogen-bond donors (Lipinski definition) is 1. The molecule has 128 valence electrons. The molecule has 0 radical (unpaired) electrons. The van der Waals surface area contributed by atoms with Gasteiger partial charge in [-0.3, -0.25) is 4.90 Å². The third-order valence-electron chi connectivity index (χ3n) is 3.40. The van der Waals surface area contributed by atoms with Crippen molar-refractivity contribution >= 4 is 0 Å². The predicted molar refractivity (Wildman–Crippen MR) is 86.7 cm³/mol. The van der Waals surface area contributed by atoms with Crippen LogP contribution in [0.15, 0.2) is 18.2 Å². The Morgan fingerprint density at radius 3 is 2.70 bits per heavy atom. The average molecular weight is 325 g/mol. The van der Waals surface area contributed by atoms with Crippen molar-refractivity contribution < 1.29 is 18.6 Å². The zero-order valence-corrected chi connectivity index (χ0v) is 13.8. The molecular weight excluding hydrogens is 300 g/mol. The molecule has 1 atom stereocenters. The van der Waals surface area contributed by atoms with E-state index in [1.54, 1.807) is 0 Å². The van der Waals surface area contributed by atoms with Gasteiger partial charge < -0.3 is 9.84 Å². The first-order valence-corrected chi connectivity index (χ1v) is 7.78. The number of rotatable bonds is 10. The van der Waals surface area contributed by atoms with Gasteiger partial charge in [0.25, 0.3) is 0 Å². The van der Waals surface area contributed by atoms with Crippen LogP contribution in [0.25, 0.3) is 0 Å². The number of ether oxygens (including phenoxy) is 1. The monoisotopic (exact) mass is 325 g/mol. The summed E-state index contributed by atoms with van der Waals surface area (Å²) in [5.74, 6) is 1.66. The Kier molecular flexibility index (Phi) is 8.78. The minimum Gasteiger partial charge on any atom is -0.389 e. The third-order valence-corrected chi connectivity index (χ3v) is 3.40. The molecule has 0 aliphatic carbocycles. The van der Waals surface area contributed by atoms with Crippen LogP contribution < -0.4 is 0 Å². The van der Waals surface area contributed by atoms with E-state index in [4.69, 9.17) is 11.2 Å². The van der Waals surface area contributed by atoms with Crippen LogP contribution in [0.2, 0.25) is 0 Å². The number of nitrogens with zero attached hydrogens (tertiary/aromatic N) is 1. The maximum atomic E-state index is 13.8. The zero-order valence-electron chi connectivity index (χ0n) is 13.8. The first-order chi connectivity index (χ1) is 10.9. The van der Waals surface area contributed by atoms with Gasteiger partial charge in [-0.2, -0.15) is 0 Å². The molecule has 0 bridgehead atoms. The van der Waals surface area contributed by atoms with Crippen LogP contribution in [-0.2, 0) is 11.3 Å². The molecule has 0 aromatic heterocycles. The summed E-state index contributed by atoms with van der Waals surface area (Å²) in [6, 6.07) is 3.56. The fourth-order valence-electron chi connectivity index (χ4n) is 2.17. The molecule has 1 rings (SSSR count). The predicted octanol–water partition coefficient (Wildman–Crippen LogP) is 2.82. The lowest BCUT2D eigenvalue weighted by molar-refractivity contribution is 0.0250. The van der Waals surface area contributed by atoms with Crippen LogP contribution in [0.1, 0.15) is 25.8 Å². The van der Waals surface area contributed by atoms with Gasteiger partial charge in [-0.15, -0.1) is 6.42 Å². The molecule has 1 N–H and O–H groups in total. The molecule has 0 aliphatic heterocycles. The first-order valence-electron chi connectivity index (χ1n) is 7.78. The summed E-state index contributed by atoms with van der Waals surface area (Å²) in [5.41, 5.74) is 0.409. The Balaban J connectivity index is 2.65. The van der Waals surface area contributed by atoms with Gasteiger partial charge in [0.1, 0.15) is 18.2 Å². The summed E-state index contributed by atoms with van der Waals surface area (Å²) in [6.07, 6.45) is 5.30. The Morgan fingerprint density at radius 1 is 1.35 bits per heavy atom. The fraction of sp³-hybridized carbons (Fsp3) is 0.556. The second kappa shape index (κ2) is 10.3. The molecule has 0 amide bonds. The quantitative estimate of drug-likeness (QED) is 0.530. The largest absolute Gasteiger partial charge is 0.389 e. The maximum absolute atomic E-state index is 13.8. The summed E-state index contributed by atoms with van der Waals surface area (Å²) in [6.45, 7) is 5.84. The molecule has 0 spiro atoms. The molecule has 0 heterocycles. The SMILES string of the molecule is C#CCOCC(O)CN(CCC(C)C)Cc1ccc(F)cc1F. The molecular formula is C18H25F2NO2. The van der Waals surface area contributed by atoms with E-state index in [9.17, 15) is 13.9 Å². The van der Waals surface area contributed by atoms with Crippen molar-refractivity contribution in [1.29, 1.82) is 0 Å². The van der Waals surface area contributed by atoms with Crippen molar-refractivity contribution in [3.05, 3.63) is 35.4 Å². The molecule has 1 aromatic carbocycles. The minimum absolute atomic E-state index is 0.133. The van der Waals surface area contributed by atoms with E-state index in [0.29, 0.717) is 31.1 Å². The maximum Gasteiger partial charge on any atom is 0.130 e. The normalized spacial score (nSPS) is 12.6. The van der Waals surface area contributed by atoms with Crippen molar-refractivity contribution in [2.75, 3.05) is 26.3 Å². The van der Waals surface area contributed by atoms with Crippen LogP contribution in [0.3, 0.4) is 0 Å². The second-order valence-electron chi connectivity index (χ2n) is 6.03. The average Bonchev–Trinajstić information content (AvgIpc) is 2.47. The van der Waals surface area contributed by atoms with Crippen molar-refractivity contribution in [1.82, 2.24) is 4.90 Å². The summed E-state index contributed by atoms with van der Waals surface area (Å²) < 4.78 is 31.9. The van der Waals surface area contributed by atoms with E-state index in [0.717, 1.165) is 12.5 Å². The minimum atomic E-state index is -0.709. The van der Waals surface area contributed by atoms with Gasteiger partial charge in [-0.05, 0) is 24.9 Å². The van der Waals surface area contributed by atoms with Crippen LogP contribution in [0, 0.1) is 29.9 Å². The zero-order chi connectivity index (χ0) is 17.2. The van der Waals surface area contributed by atoms with Crippen molar-refractivity contribution in [3.63, 3.8) is 0 Å². The number of aliphatic hydroxyl groups excluding tert-OH is 1. The number of halogens is 2. The smallest absolute Gasteiger partial charge is 0.130 e. The van der Waals surface area contributed by atoms with Gasteiger partial charge in [0.05, 0.1) is 12.7 Å². The first kappa shape index (κ1) is 19.6. The number of terminal acetylenes is 1. The van der Waals surface area contributed by atoms with Crippen molar-refractivity contribution in [2.24, 2.45) is 5.92 Å². The number of hydrogen-bond acceptors (Lipinski definition) is 3. The van der Waals surface area contributed by atoms with Gasteiger partial charge >= 0.3 is 0 Å². The van der Waals surface area contributed by atoms with E-state index in [1.807, 2.05) is 4.90 Å². The molecule has 0 aliphatic rings. The summed E-state index contributed by atoms with van der Waals surface area (Å²) in [7, 11) is 0. The van der Waals surface area contributed by atoms with Gasteiger partial charge in [-0.25, -0.2) is 8.78 Å². The highest BCUT2D eigenvalue weighted by atomic mass is 19.1. The van der Waals surface area contributed by atoms with Gasteiger partial charge in [-0.1, -0.05) is 25.8 Å². The molecule has 0 saturated heterocycles. The highest BCUT2D eigenvalue weighted by molar-refractivity contribution is 5.18. The summed E-state index contributed by atoms with van der Waals surface area (Å²) >= 11 is 0. The lowest BCUT2D eigenvalue weighted by Crippen LogP contribution is -2.36. The number of benzene rings is 1. The van der Waals surface area contributed by atoms with Gasteiger partial charge in [0.15, 0.2) is 0 Å². The van der Waals surface area contributed by atoms with Crippen molar-refractivity contribution in [3.8, 4) is 12.3 Å². The van der Waals surface area contributed by atoms with E-state index < -0.39 is 17.7 Å². The standard InChI is InChI=1S/C18H25F2NO2/c1-4-9-23-13-17(22)12-21(8-7-14(2)3)11-15-5-6-16(19)10-18(15)20/h1,5-6,10,14,17,22H,7-9,11-13H2,2-3H3. The molecule has 1 unspecified atom stereocenters. The van der Waals surface area contributed by atoms with Crippen molar-refractivity contribution in [2.45, 2.75) is 32.9 Å². The summed E-state index contributed by atoms with van der Waals surface area (Å²) in [4.78, 5) is 1.94. The van der Waals surface area contributed by atoms with Crippen LogP contribution >= 0.6 is 0 Å². The molecule has 5 heteroatoms. The lowest BCUT2D eigenvalue weighted by atomic mass is 10.1. The van der Waals surface area contributed by atoms with Crippen LogP contribution in [0.4, 0.5) is 8.78 Å². The third kappa shape index (κ3) is 8.08. The van der Waals surface area contributed by atoms with Gasteiger partial charge in [0, 0.05) is 24.7 Å². The Labute approximate surface area is 137 Å². The van der Waals surface area contributed by atoms with E-state index in [1.165, 1.54) is 12.1 Å². The molecule has 23 heavy (non-hydrogen) atoms. The van der Waals surface area contributed by atoms with E-state index in [-0.39, 0.29) is 13.2 Å². The Bertz CT molecular complexity index is 514. The number of aliphatic hydroxyl groups is 1. The lowest BCUT2D eigenvalue weighted by Gasteiger charge is -2.26. The Morgan fingerprint density at radius 2 is 2.09 bits per heavy atom. The second-order valence-corrected chi connectivity index (χ2v) is 6.03. The topological polar surface area (TPSA) is 32.7 Å². The highest BCUT2D eigenvalue weighted by Gasteiger charge is 2.15. The van der Waals surface area contributed by atoms with Crippen LogP contribution in [-0.4, -0.2) is 42.4 Å². The molecule has 0 saturated carbocycles. The Hall–Kier alpha value is -1.48.